The highest BCUT2D eigenvalue weighted by atomic mass is 32.2. The second-order valence-corrected chi connectivity index (χ2v) is 8.32. The maximum atomic E-state index is 12.4. The molecule has 1 N–H and O–H groups in total. The van der Waals surface area contributed by atoms with Crippen molar-refractivity contribution in [3.05, 3.63) is 52.4 Å². The molecule has 0 aliphatic rings. The molecule has 0 aliphatic heterocycles. The first-order valence-corrected chi connectivity index (χ1v) is 10.2. The van der Waals surface area contributed by atoms with Gasteiger partial charge in [-0.25, -0.2) is 18.1 Å². The largest absolute Gasteiger partial charge is 0.360 e. The van der Waals surface area contributed by atoms with Crippen LogP contribution in [0.15, 0.2) is 39.1 Å². The third-order valence-corrected chi connectivity index (χ3v) is 6.47. The molecule has 3 rings (SSSR count). The minimum atomic E-state index is -3.63. The van der Waals surface area contributed by atoms with E-state index >= 15 is 0 Å². The highest BCUT2D eigenvalue weighted by molar-refractivity contribution is 7.89. The van der Waals surface area contributed by atoms with Gasteiger partial charge in [0.25, 0.3) is 0 Å². The predicted octanol–water partition coefficient (Wildman–Crippen LogP) is 3.24. The monoisotopic (exact) mass is 377 g/mol. The number of hydrogen-bond donors (Lipinski definition) is 1. The molecular formula is C17H19N3O3S2. The number of nitrogens with zero attached hydrogens (tertiary/aromatic N) is 2. The van der Waals surface area contributed by atoms with Crippen LogP contribution in [0.3, 0.4) is 0 Å². The van der Waals surface area contributed by atoms with Crippen molar-refractivity contribution in [2.45, 2.75) is 32.1 Å². The molecule has 0 fully saturated rings. The van der Waals surface area contributed by atoms with Crippen LogP contribution in [0, 0.1) is 20.8 Å². The fourth-order valence-corrected chi connectivity index (χ4v) is 4.90. The minimum absolute atomic E-state index is 0.117. The first-order valence-electron chi connectivity index (χ1n) is 7.81. The summed E-state index contributed by atoms with van der Waals surface area (Å²) in [4.78, 5) is 4.73. The molecule has 0 saturated carbocycles. The number of aromatic nitrogens is 2. The van der Waals surface area contributed by atoms with Crippen molar-refractivity contribution >= 4 is 21.4 Å². The molecule has 0 atom stereocenters. The van der Waals surface area contributed by atoms with E-state index in [1.54, 1.807) is 25.2 Å². The molecule has 0 bridgehead atoms. The van der Waals surface area contributed by atoms with Gasteiger partial charge in [0, 0.05) is 23.9 Å². The molecule has 2 aromatic heterocycles. The highest BCUT2D eigenvalue weighted by Crippen LogP contribution is 2.26. The molecule has 2 heterocycles. The van der Waals surface area contributed by atoms with Crippen molar-refractivity contribution in [2.75, 3.05) is 6.54 Å². The molecule has 0 saturated heterocycles. The molecule has 6 nitrogen and oxygen atoms in total. The lowest BCUT2D eigenvalue weighted by Gasteiger charge is -2.05. The van der Waals surface area contributed by atoms with Crippen LogP contribution in [0.1, 0.15) is 22.7 Å². The average molecular weight is 377 g/mol. The van der Waals surface area contributed by atoms with E-state index in [2.05, 4.69) is 14.9 Å². The van der Waals surface area contributed by atoms with Crippen molar-refractivity contribution in [1.82, 2.24) is 14.9 Å². The Labute approximate surface area is 151 Å². The van der Waals surface area contributed by atoms with Gasteiger partial charge in [0.05, 0.1) is 5.69 Å². The lowest BCUT2D eigenvalue weighted by atomic mass is 10.1. The number of sulfonamides is 1. The minimum Gasteiger partial charge on any atom is -0.360 e. The van der Waals surface area contributed by atoms with E-state index in [0.717, 1.165) is 16.3 Å². The second-order valence-electron chi connectivity index (χ2n) is 5.76. The molecule has 132 valence electrons. The van der Waals surface area contributed by atoms with Gasteiger partial charge in [0.2, 0.25) is 10.0 Å². The quantitative estimate of drug-likeness (QED) is 0.713. The maximum Gasteiger partial charge on any atom is 0.245 e. The summed E-state index contributed by atoms with van der Waals surface area (Å²) < 4.78 is 32.3. The van der Waals surface area contributed by atoms with Crippen LogP contribution in [0.25, 0.3) is 10.6 Å². The first kappa shape index (κ1) is 17.8. The maximum absolute atomic E-state index is 12.4. The SMILES string of the molecule is Cc1ccccc1-c1nc(CCNS(=O)(=O)c2c(C)noc2C)cs1. The molecule has 0 unspecified atom stereocenters. The van der Waals surface area contributed by atoms with E-state index in [1.165, 1.54) is 5.56 Å². The fourth-order valence-electron chi connectivity index (χ4n) is 2.60. The standard InChI is InChI=1S/C17H19N3O3S2/c1-11-6-4-5-7-15(11)17-19-14(10-24-17)8-9-18-25(21,22)16-12(2)20-23-13(16)3/h4-7,10,18H,8-9H2,1-3H3. The van der Waals surface area contributed by atoms with E-state index in [0.29, 0.717) is 17.9 Å². The van der Waals surface area contributed by atoms with Crippen LogP contribution in [-0.2, 0) is 16.4 Å². The first-order chi connectivity index (χ1) is 11.9. The zero-order valence-corrected chi connectivity index (χ0v) is 15.9. The van der Waals surface area contributed by atoms with Crippen LogP contribution in [-0.4, -0.2) is 25.1 Å². The predicted molar refractivity (Wildman–Crippen MR) is 97.2 cm³/mol. The van der Waals surface area contributed by atoms with Crippen molar-refractivity contribution < 1.29 is 12.9 Å². The van der Waals surface area contributed by atoms with Crippen molar-refractivity contribution in [3.8, 4) is 10.6 Å². The van der Waals surface area contributed by atoms with Gasteiger partial charge < -0.3 is 4.52 Å². The zero-order valence-electron chi connectivity index (χ0n) is 14.2. The summed E-state index contributed by atoms with van der Waals surface area (Å²) in [6, 6.07) is 8.07. The molecule has 3 aromatic rings. The van der Waals surface area contributed by atoms with Gasteiger partial charge in [-0.3, -0.25) is 0 Å². The number of benzene rings is 1. The summed E-state index contributed by atoms with van der Waals surface area (Å²) >= 11 is 1.56. The molecule has 25 heavy (non-hydrogen) atoms. The number of nitrogens with one attached hydrogen (secondary N) is 1. The Morgan fingerprint density at radius 3 is 2.64 bits per heavy atom. The Hall–Kier alpha value is -2.03. The van der Waals surface area contributed by atoms with Gasteiger partial charge in [0.15, 0.2) is 5.76 Å². The summed E-state index contributed by atoms with van der Waals surface area (Å²) in [5.41, 5.74) is 3.50. The van der Waals surface area contributed by atoms with Crippen molar-refractivity contribution in [3.63, 3.8) is 0 Å². The lowest BCUT2D eigenvalue weighted by Crippen LogP contribution is -2.26. The fraction of sp³-hybridized carbons (Fsp3) is 0.294. The molecule has 8 heteroatoms. The van der Waals surface area contributed by atoms with Crippen LogP contribution < -0.4 is 4.72 Å². The van der Waals surface area contributed by atoms with Gasteiger partial charge in [0.1, 0.15) is 15.6 Å². The van der Waals surface area contributed by atoms with E-state index < -0.39 is 10.0 Å². The van der Waals surface area contributed by atoms with Gasteiger partial charge in [-0.2, -0.15) is 0 Å². The summed E-state index contributed by atoms with van der Waals surface area (Å²) in [6.45, 7) is 5.51. The van der Waals surface area contributed by atoms with E-state index in [1.807, 2.05) is 36.6 Å². The number of rotatable bonds is 6. The Kier molecular flexibility index (Phi) is 5.03. The van der Waals surface area contributed by atoms with E-state index in [9.17, 15) is 8.42 Å². The van der Waals surface area contributed by atoms with Gasteiger partial charge in [-0.15, -0.1) is 11.3 Å². The Bertz CT molecular complexity index is 971. The third kappa shape index (κ3) is 3.81. The Morgan fingerprint density at radius 1 is 1.20 bits per heavy atom. The third-order valence-electron chi connectivity index (χ3n) is 3.84. The summed E-state index contributed by atoms with van der Waals surface area (Å²) in [5.74, 6) is 0.292. The van der Waals surface area contributed by atoms with Gasteiger partial charge >= 0.3 is 0 Å². The number of aryl methyl sites for hydroxylation is 3. The smallest absolute Gasteiger partial charge is 0.245 e. The highest BCUT2D eigenvalue weighted by Gasteiger charge is 2.23. The van der Waals surface area contributed by atoms with E-state index in [-0.39, 0.29) is 11.4 Å². The second kappa shape index (κ2) is 7.07. The van der Waals surface area contributed by atoms with Crippen molar-refractivity contribution in [2.24, 2.45) is 0 Å². The summed E-state index contributed by atoms with van der Waals surface area (Å²) in [7, 11) is -3.63. The normalized spacial score (nSPS) is 11.8. The molecule has 0 spiro atoms. The topological polar surface area (TPSA) is 85.1 Å². The van der Waals surface area contributed by atoms with Gasteiger partial charge in [-0.05, 0) is 26.3 Å². The molecule has 0 aliphatic carbocycles. The zero-order chi connectivity index (χ0) is 18.0. The van der Waals surface area contributed by atoms with Crippen LogP contribution in [0.5, 0.6) is 0 Å². The number of hydrogen-bond acceptors (Lipinski definition) is 6. The molecule has 0 radical (unpaired) electrons. The molecule has 0 amide bonds. The van der Waals surface area contributed by atoms with Crippen molar-refractivity contribution in [1.29, 1.82) is 0 Å². The summed E-state index contributed by atoms with van der Waals surface area (Å²) in [6.07, 6.45) is 0.519. The van der Waals surface area contributed by atoms with E-state index in [4.69, 9.17) is 4.52 Å². The lowest BCUT2D eigenvalue weighted by molar-refractivity contribution is 0.390. The van der Waals surface area contributed by atoms with Gasteiger partial charge in [-0.1, -0.05) is 29.4 Å². The molecule has 1 aromatic carbocycles. The summed E-state index contributed by atoms with van der Waals surface area (Å²) in [5, 5.41) is 6.60. The Balaban J connectivity index is 1.66. The number of thiazole rings is 1. The average Bonchev–Trinajstić information content (AvgIpc) is 3.15. The van der Waals surface area contributed by atoms with Crippen LogP contribution in [0.4, 0.5) is 0 Å². The molecular weight excluding hydrogens is 358 g/mol. The van der Waals surface area contributed by atoms with Crippen LogP contribution >= 0.6 is 11.3 Å². The Morgan fingerprint density at radius 2 is 1.96 bits per heavy atom. The van der Waals surface area contributed by atoms with Crippen LogP contribution in [0.2, 0.25) is 0 Å².